The molecule has 10 heteroatoms. The number of rotatable bonds is 4. The maximum Gasteiger partial charge on any atom is 0.211 e. The molecule has 0 spiro atoms. The summed E-state index contributed by atoms with van der Waals surface area (Å²) < 4.78 is 5.85. The van der Waals surface area contributed by atoms with Crippen LogP contribution in [0.2, 0.25) is 0 Å². The molecule has 0 bridgehead atoms. The van der Waals surface area contributed by atoms with Crippen LogP contribution in [-0.4, -0.2) is 71.2 Å². The SMILES string of the molecule is CCN(N)C1(c2ncnc3nc[nH]c23)O[C@H](CO)[C@@H](O)[C@@]1(C)O. The van der Waals surface area contributed by atoms with E-state index >= 15 is 0 Å². The van der Waals surface area contributed by atoms with Crippen LogP contribution in [0.1, 0.15) is 19.5 Å². The second kappa shape index (κ2) is 5.44. The number of aromatic nitrogens is 4. The number of aliphatic hydroxyl groups excluding tert-OH is 2. The smallest absolute Gasteiger partial charge is 0.211 e. The highest BCUT2D eigenvalue weighted by atomic mass is 16.6. The Balaban J connectivity index is 2.29. The van der Waals surface area contributed by atoms with Crippen LogP contribution in [0.3, 0.4) is 0 Å². The Kier molecular flexibility index (Phi) is 3.83. The average molecular weight is 324 g/mol. The second-order valence-corrected chi connectivity index (χ2v) is 5.68. The fourth-order valence-electron chi connectivity index (χ4n) is 3.14. The molecule has 1 aliphatic rings. The van der Waals surface area contributed by atoms with E-state index in [4.69, 9.17) is 10.6 Å². The highest BCUT2D eigenvalue weighted by Gasteiger charge is 2.67. The van der Waals surface area contributed by atoms with E-state index < -0.39 is 30.1 Å². The zero-order valence-corrected chi connectivity index (χ0v) is 12.8. The zero-order valence-electron chi connectivity index (χ0n) is 12.8. The van der Waals surface area contributed by atoms with E-state index in [0.717, 1.165) is 0 Å². The Labute approximate surface area is 131 Å². The third-order valence-corrected chi connectivity index (χ3v) is 4.41. The molecule has 6 N–H and O–H groups in total. The molecule has 2 aromatic rings. The number of nitrogens with one attached hydrogen (secondary N) is 1. The van der Waals surface area contributed by atoms with Crippen LogP contribution in [0.25, 0.3) is 11.2 Å². The third kappa shape index (κ3) is 2.00. The van der Waals surface area contributed by atoms with Gasteiger partial charge in [0.1, 0.15) is 35.3 Å². The molecule has 3 rings (SSSR count). The van der Waals surface area contributed by atoms with E-state index in [0.29, 0.717) is 17.7 Å². The summed E-state index contributed by atoms with van der Waals surface area (Å²) in [5.41, 5.74) is -2.47. The number of hydrazine groups is 1. The van der Waals surface area contributed by atoms with Gasteiger partial charge in [0, 0.05) is 6.54 Å². The van der Waals surface area contributed by atoms with Crippen molar-refractivity contribution in [2.24, 2.45) is 5.84 Å². The number of aliphatic hydroxyl groups is 3. The van der Waals surface area contributed by atoms with Gasteiger partial charge in [-0.3, -0.25) is 5.84 Å². The van der Waals surface area contributed by atoms with Gasteiger partial charge in [0.25, 0.3) is 0 Å². The van der Waals surface area contributed by atoms with Gasteiger partial charge in [-0.2, -0.15) is 0 Å². The first-order valence-corrected chi connectivity index (χ1v) is 7.26. The van der Waals surface area contributed by atoms with Crippen LogP contribution >= 0.6 is 0 Å². The van der Waals surface area contributed by atoms with E-state index in [1.165, 1.54) is 24.6 Å². The van der Waals surface area contributed by atoms with Crippen molar-refractivity contribution in [3.63, 3.8) is 0 Å². The van der Waals surface area contributed by atoms with Crippen molar-refractivity contribution in [1.82, 2.24) is 24.9 Å². The molecule has 1 fully saturated rings. The number of nitrogens with two attached hydrogens (primary N) is 1. The first-order chi connectivity index (χ1) is 10.9. The molecule has 23 heavy (non-hydrogen) atoms. The van der Waals surface area contributed by atoms with E-state index in [1.54, 1.807) is 6.92 Å². The minimum Gasteiger partial charge on any atom is -0.394 e. The van der Waals surface area contributed by atoms with Gasteiger partial charge in [0.2, 0.25) is 5.72 Å². The van der Waals surface area contributed by atoms with Gasteiger partial charge < -0.3 is 25.0 Å². The highest BCUT2D eigenvalue weighted by molar-refractivity contribution is 5.73. The summed E-state index contributed by atoms with van der Waals surface area (Å²) in [6, 6.07) is 0. The average Bonchev–Trinajstić information content (AvgIpc) is 3.10. The van der Waals surface area contributed by atoms with Crippen LogP contribution in [0, 0.1) is 0 Å². The van der Waals surface area contributed by atoms with E-state index in [9.17, 15) is 15.3 Å². The summed E-state index contributed by atoms with van der Waals surface area (Å²) in [5.74, 6) is 6.12. The Morgan fingerprint density at radius 3 is 2.78 bits per heavy atom. The van der Waals surface area contributed by atoms with Crippen molar-refractivity contribution in [2.45, 2.75) is 37.4 Å². The van der Waals surface area contributed by atoms with Crippen molar-refractivity contribution in [2.75, 3.05) is 13.2 Å². The van der Waals surface area contributed by atoms with Crippen molar-refractivity contribution < 1.29 is 20.1 Å². The van der Waals surface area contributed by atoms with Crippen LogP contribution in [0.5, 0.6) is 0 Å². The molecule has 0 radical (unpaired) electrons. The van der Waals surface area contributed by atoms with Crippen molar-refractivity contribution in [3.8, 4) is 0 Å². The molecule has 3 heterocycles. The minimum atomic E-state index is -1.84. The maximum atomic E-state index is 11.0. The van der Waals surface area contributed by atoms with Gasteiger partial charge in [-0.25, -0.2) is 20.0 Å². The molecule has 0 saturated carbocycles. The van der Waals surface area contributed by atoms with Crippen LogP contribution in [0.4, 0.5) is 0 Å². The zero-order chi connectivity index (χ0) is 16.8. The highest BCUT2D eigenvalue weighted by Crippen LogP contribution is 2.48. The number of hydrogen-bond donors (Lipinski definition) is 5. The predicted octanol–water partition coefficient (Wildman–Crippen LogP) is -1.80. The molecule has 0 aromatic carbocycles. The Hall–Kier alpha value is -1.69. The lowest BCUT2D eigenvalue weighted by Crippen LogP contribution is -2.64. The van der Waals surface area contributed by atoms with Crippen molar-refractivity contribution in [1.29, 1.82) is 0 Å². The summed E-state index contributed by atoms with van der Waals surface area (Å²) in [7, 11) is 0. The number of H-pyrrole nitrogens is 1. The number of nitrogens with zero attached hydrogens (tertiary/aromatic N) is 4. The maximum absolute atomic E-state index is 11.0. The molecule has 1 unspecified atom stereocenters. The lowest BCUT2D eigenvalue weighted by Gasteiger charge is -2.44. The quantitative estimate of drug-likeness (QED) is 0.324. The minimum absolute atomic E-state index is 0.240. The normalized spacial score (nSPS) is 34.6. The number of aromatic amines is 1. The predicted molar refractivity (Wildman–Crippen MR) is 78.5 cm³/mol. The number of likely N-dealkylation sites (N-methyl/N-ethyl adjacent to an activating group) is 1. The number of ether oxygens (including phenoxy) is 1. The lowest BCUT2D eigenvalue weighted by molar-refractivity contribution is -0.233. The topological polar surface area (TPSA) is 154 Å². The standard InChI is InChI=1S/C13H20N6O4/c1-3-19(14)13(12(2,22)10(21)7(4-20)23-13)9-8-11(17-5-15-8)18-6-16-9/h5-7,10,20-22H,3-4,14H2,1-2H3,(H,15,16,17,18)/t7-,10-,12-,13?/m1/s1. The van der Waals surface area contributed by atoms with Crippen molar-refractivity contribution >= 4 is 11.2 Å². The van der Waals surface area contributed by atoms with Crippen LogP contribution < -0.4 is 5.84 Å². The summed E-state index contributed by atoms with van der Waals surface area (Å²) >= 11 is 0. The molecular weight excluding hydrogens is 304 g/mol. The van der Waals surface area contributed by atoms with E-state index in [1.807, 2.05) is 0 Å². The Morgan fingerprint density at radius 1 is 1.43 bits per heavy atom. The molecule has 0 aliphatic carbocycles. The summed E-state index contributed by atoms with van der Waals surface area (Å²) in [6.45, 7) is 2.98. The fourth-order valence-corrected chi connectivity index (χ4v) is 3.14. The summed E-state index contributed by atoms with van der Waals surface area (Å²) in [5, 5.41) is 32.1. The fraction of sp³-hybridized carbons (Fsp3) is 0.615. The van der Waals surface area contributed by atoms with E-state index in [-0.39, 0.29) is 5.69 Å². The molecule has 0 amide bonds. The van der Waals surface area contributed by atoms with Crippen molar-refractivity contribution in [3.05, 3.63) is 18.3 Å². The largest absolute Gasteiger partial charge is 0.394 e. The number of hydrogen-bond acceptors (Lipinski definition) is 9. The number of imidazole rings is 1. The first-order valence-electron chi connectivity index (χ1n) is 7.26. The monoisotopic (exact) mass is 324 g/mol. The van der Waals surface area contributed by atoms with Gasteiger partial charge in [0.05, 0.1) is 12.9 Å². The van der Waals surface area contributed by atoms with Gasteiger partial charge >= 0.3 is 0 Å². The summed E-state index contributed by atoms with van der Waals surface area (Å²) in [4.78, 5) is 15.2. The molecular formula is C13H20N6O4. The molecule has 1 aliphatic heterocycles. The second-order valence-electron chi connectivity index (χ2n) is 5.68. The molecule has 10 nitrogen and oxygen atoms in total. The number of fused-ring (bicyclic) bond motifs is 1. The van der Waals surface area contributed by atoms with Gasteiger partial charge in [-0.1, -0.05) is 6.92 Å². The van der Waals surface area contributed by atoms with Crippen LogP contribution in [0.15, 0.2) is 12.7 Å². The summed E-state index contributed by atoms with van der Waals surface area (Å²) in [6.07, 6.45) is 0.336. The van der Waals surface area contributed by atoms with E-state index in [2.05, 4.69) is 19.9 Å². The third-order valence-electron chi connectivity index (χ3n) is 4.41. The van der Waals surface area contributed by atoms with Gasteiger partial charge in [-0.15, -0.1) is 0 Å². The molecule has 4 atom stereocenters. The Bertz CT molecular complexity index is 707. The molecule has 1 saturated heterocycles. The Morgan fingerprint density at radius 2 is 2.17 bits per heavy atom. The van der Waals surface area contributed by atoms with Crippen LogP contribution in [-0.2, 0) is 10.5 Å². The van der Waals surface area contributed by atoms with Gasteiger partial charge in [-0.05, 0) is 6.92 Å². The lowest BCUT2D eigenvalue weighted by atomic mass is 9.84. The molecule has 126 valence electrons. The first kappa shape index (κ1) is 16.2. The van der Waals surface area contributed by atoms with Gasteiger partial charge in [0.15, 0.2) is 5.65 Å². The molecule has 2 aromatic heterocycles.